The minimum atomic E-state index is -0.954. The van der Waals surface area contributed by atoms with Gasteiger partial charge in [-0.25, -0.2) is 0 Å². The summed E-state index contributed by atoms with van der Waals surface area (Å²) in [5.41, 5.74) is 4.39. The molecule has 1 heterocycles. The molecule has 4 heteroatoms. The predicted octanol–water partition coefficient (Wildman–Crippen LogP) is 6.07. The fourth-order valence-corrected chi connectivity index (χ4v) is 4.25. The summed E-state index contributed by atoms with van der Waals surface area (Å²) in [4.78, 5) is 0. The lowest BCUT2D eigenvalue weighted by atomic mass is 9.95. The van der Waals surface area contributed by atoms with Gasteiger partial charge < -0.3 is 14.0 Å². The van der Waals surface area contributed by atoms with E-state index in [1.165, 1.54) is 21.8 Å². The Balaban J connectivity index is 1.99. The van der Waals surface area contributed by atoms with Crippen molar-refractivity contribution in [2.75, 3.05) is 14.2 Å². The molecule has 138 valence electrons. The van der Waals surface area contributed by atoms with Gasteiger partial charge in [0, 0.05) is 58.2 Å². The Labute approximate surface area is 167 Å². The van der Waals surface area contributed by atoms with Crippen molar-refractivity contribution < 1.29 is 9.47 Å². The third kappa shape index (κ3) is 2.80. The normalized spacial score (nSPS) is 12.1. The molecule has 0 saturated carbocycles. The van der Waals surface area contributed by atoms with E-state index >= 15 is 0 Å². The summed E-state index contributed by atoms with van der Waals surface area (Å²) in [6.07, 6.45) is 0. The van der Waals surface area contributed by atoms with E-state index in [-0.39, 0.29) is 0 Å². The van der Waals surface area contributed by atoms with E-state index in [9.17, 15) is 0 Å². The third-order valence-electron chi connectivity index (χ3n) is 5.27. The highest BCUT2D eigenvalue weighted by Crippen LogP contribution is 2.38. The fraction of sp³-hybridized carbons (Fsp3) is 0.217. The van der Waals surface area contributed by atoms with Gasteiger partial charge in [0.1, 0.15) is 0 Å². The van der Waals surface area contributed by atoms with Crippen molar-refractivity contribution in [2.45, 2.75) is 19.3 Å². The van der Waals surface area contributed by atoms with Crippen LogP contribution in [-0.2, 0) is 21.8 Å². The molecule has 0 bridgehead atoms. The number of methoxy groups -OCH3 is 2. The van der Waals surface area contributed by atoms with Gasteiger partial charge in [0.25, 0.3) is 0 Å². The number of rotatable bonds is 5. The van der Waals surface area contributed by atoms with Crippen LogP contribution >= 0.6 is 15.9 Å². The van der Waals surface area contributed by atoms with Crippen LogP contribution in [0.1, 0.15) is 18.1 Å². The van der Waals surface area contributed by atoms with Gasteiger partial charge in [-0.2, -0.15) is 0 Å². The maximum atomic E-state index is 5.95. The van der Waals surface area contributed by atoms with Gasteiger partial charge in [0.2, 0.25) is 5.79 Å². The number of hydrogen-bond donors (Lipinski definition) is 0. The predicted molar refractivity (Wildman–Crippen MR) is 114 cm³/mol. The molecule has 4 rings (SSSR count). The van der Waals surface area contributed by atoms with Crippen LogP contribution in [0, 0.1) is 0 Å². The number of halogens is 1. The van der Waals surface area contributed by atoms with Gasteiger partial charge in [-0.3, -0.25) is 0 Å². The first-order valence-corrected chi connectivity index (χ1v) is 9.81. The van der Waals surface area contributed by atoms with Crippen LogP contribution < -0.4 is 0 Å². The molecule has 4 aromatic rings. The number of ether oxygens (including phenoxy) is 2. The van der Waals surface area contributed by atoms with Crippen molar-refractivity contribution in [3.63, 3.8) is 0 Å². The number of aromatic nitrogens is 1. The molecule has 1 aromatic heterocycles. The molecule has 3 nitrogen and oxygen atoms in total. The third-order valence-corrected chi connectivity index (χ3v) is 5.80. The van der Waals surface area contributed by atoms with Gasteiger partial charge in [-0.15, -0.1) is 0 Å². The van der Waals surface area contributed by atoms with Crippen LogP contribution in [0.5, 0.6) is 0 Å². The van der Waals surface area contributed by atoms with Crippen LogP contribution in [0.2, 0.25) is 0 Å². The number of fused-ring (bicyclic) bond motifs is 3. The van der Waals surface area contributed by atoms with Gasteiger partial charge in [0.15, 0.2) is 0 Å². The summed E-state index contributed by atoms with van der Waals surface area (Å²) in [7, 11) is 3.37. The largest absolute Gasteiger partial charge is 0.346 e. The number of hydrogen-bond acceptors (Lipinski definition) is 2. The lowest BCUT2D eigenvalue weighted by Gasteiger charge is -2.32. The molecule has 0 spiro atoms. The number of nitrogens with zero attached hydrogens (tertiary/aromatic N) is 1. The molecular weight excluding hydrogens is 402 g/mol. The minimum Gasteiger partial charge on any atom is -0.346 e. The standard InChI is InChI=1S/C23H22BrNO2/c1-4-25-21-8-6-5-7-19(21)20-15-17(11-14-22(20)25)23(26-2,27-3)16-9-12-18(24)13-10-16/h5-15H,4H2,1-3H3. The maximum absolute atomic E-state index is 5.95. The molecular formula is C23H22BrNO2. The highest BCUT2D eigenvalue weighted by atomic mass is 79.9. The SMILES string of the molecule is CCn1c2ccccc2c2cc(C(OC)(OC)c3ccc(Br)cc3)ccc21. The second-order valence-corrected chi connectivity index (χ2v) is 7.44. The lowest BCUT2D eigenvalue weighted by molar-refractivity contribution is -0.183. The second kappa shape index (κ2) is 7.12. The first-order chi connectivity index (χ1) is 13.1. The molecule has 0 atom stereocenters. The number of benzene rings is 3. The van der Waals surface area contributed by atoms with Crippen molar-refractivity contribution in [2.24, 2.45) is 0 Å². The topological polar surface area (TPSA) is 23.4 Å². The first kappa shape index (κ1) is 18.2. The Morgan fingerprint density at radius 3 is 2.11 bits per heavy atom. The van der Waals surface area contributed by atoms with E-state index in [0.29, 0.717) is 0 Å². The van der Waals surface area contributed by atoms with E-state index in [1.807, 2.05) is 24.3 Å². The quantitative estimate of drug-likeness (QED) is 0.363. The molecule has 0 amide bonds. The van der Waals surface area contributed by atoms with E-state index < -0.39 is 5.79 Å². The van der Waals surface area contributed by atoms with Crippen LogP contribution in [-0.4, -0.2) is 18.8 Å². The highest BCUT2D eigenvalue weighted by Gasteiger charge is 2.35. The van der Waals surface area contributed by atoms with Crippen molar-refractivity contribution in [3.8, 4) is 0 Å². The summed E-state index contributed by atoms with van der Waals surface area (Å²) >= 11 is 3.50. The molecule has 0 aliphatic heterocycles. The fourth-order valence-electron chi connectivity index (χ4n) is 3.99. The van der Waals surface area contributed by atoms with E-state index in [0.717, 1.165) is 22.1 Å². The molecule has 0 saturated heterocycles. The monoisotopic (exact) mass is 423 g/mol. The Morgan fingerprint density at radius 2 is 1.44 bits per heavy atom. The van der Waals surface area contributed by atoms with Crippen molar-refractivity contribution >= 4 is 37.7 Å². The zero-order valence-corrected chi connectivity index (χ0v) is 17.3. The van der Waals surface area contributed by atoms with Gasteiger partial charge >= 0.3 is 0 Å². The zero-order valence-electron chi connectivity index (χ0n) is 15.7. The summed E-state index contributed by atoms with van der Waals surface area (Å²) in [5, 5.41) is 2.45. The van der Waals surface area contributed by atoms with E-state index in [1.54, 1.807) is 14.2 Å². The van der Waals surface area contributed by atoms with Gasteiger partial charge in [-0.05, 0) is 37.3 Å². The molecule has 0 radical (unpaired) electrons. The summed E-state index contributed by atoms with van der Waals surface area (Å²) < 4.78 is 15.3. The average Bonchev–Trinajstić information content (AvgIpc) is 3.04. The van der Waals surface area contributed by atoms with Crippen molar-refractivity contribution in [1.82, 2.24) is 4.57 Å². The van der Waals surface area contributed by atoms with Crippen molar-refractivity contribution in [1.29, 1.82) is 0 Å². The molecule has 0 fully saturated rings. The Kier molecular flexibility index (Phi) is 4.81. The van der Waals surface area contributed by atoms with Crippen molar-refractivity contribution in [3.05, 3.63) is 82.3 Å². The van der Waals surface area contributed by atoms with Crippen LogP contribution in [0.4, 0.5) is 0 Å². The zero-order chi connectivity index (χ0) is 19.0. The smallest absolute Gasteiger partial charge is 0.221 e. The molecule has 0 N–H and O–H groups in total. The minimum absolute atomic E-state index is 0.926. The number of aryl methyl sites for hydroxylation is 1. The first-order valence-electron chi connectivity index (χ1n) is 9.02. The van der Waals surface area contributed by atoms with Gasteiger partial charge in [-0.1, -0.05) is 52.3 Å². The van der Waals surface area contributed by atoms with E-state index in [4.69, 9.17) is 9.47 Å². The molecule has 0 aliphatic carbocycles. The van der Waals surface area contributed by atoms with Gasteiger partial charge in [0.05, 0.1) is 0 Å². The lowest BCUT2D eigenvalue weighted by Crippen LogP contribution is -2.32. The van der Waals surface area contributed by atoms with Crippen LogP contribution in [0.3, 0.4) is 0 Å². The second-order valence-electron chi connectivity index (χ2n) is 6.53. The maximum Gasteiger partial charge on any atom is 0.221 e. The molecule has 27 heavy (non-hydrogen) atoms. The van der Waals surface area contributed by atoms with E-state index in [2.05, 4.69) is 69.9 Å². The Morgan fingerprint density at radius 1 is 0.815 bits per heavy atom. The Bertz CT molecular complexity index is 1090. The molecule has 3 aromatic carbocycles. The van der Waals surface area contributed by atoms with Crippen LogP contribution in [0.25, 0.3) is 21.8 Å². The summed E-state index contributed by atoms with van der Waals surface area (Å²) in [5.74, 6) is -0.954. The van der Waals surface area contributed by atoms with Crippen LogP contribution in [0.15, 0.2) is 71.2 Å². The Hall–Kier alpha value is -2.14. The summed E-state index contributed by atoms with van der Waals surface area (Å²) in [6, 6.07) is 23.0. The molecule has 0 unspecified atom stereocenters. The number of para-hydroxylation sites is 1. The summed E-state index contributed by atoms with van der Waals surface area (Å²) in [6.45, 7) is 3.10. The molecule has 0 aliphatic rings. The average molecular weight is 424 g/mol. The highest BCUT2D eigenvalue weighted by molar-refractivity contribution is 9.10.